The maximum absolute atomic E-state index is 2.97. The number of hydrogen-bond donors (Lipinski definition) is 0. The highest BCUT2D eigenvalue weighted by Gasteiger charge is 2.49. The average molecular weight is 951 g/mol. The van der Waals surface area contributed by atoms with E-state index in [2.05, 4.69) is 289 Å². The summed E-state index contributed by atoms with van der Waals surface area (Å²) < 4.78 is 2.40. The van der Waals surface area contributed by atoms with Gasteiger partial charge in [-0.3, -0.25) is 0 Å². The lowest BCUT2D eigenvalue weighted by molar-refractivity contribution is 1.18. The van der Waals surface area contributed by atoms with Crippen LogP contribution >= 0.6 is 0 Å². The van der Waals surface area contributed by atoms with Gasteiger partial charge in [-0.15, -0.1) is 0 Å². The van der Waals surface area contributed by atoms with E-state index in [4.69, 9.17) is 0 Å². The molecule has 3 heterocycles. The predicted octanol–water partition coefficient (Wildman–Crippen LogP) is 13.7. The van der Waals surface area contributed by atoms with E-state index in [0.29, 0.717) is 0 Å². The standard InChI is InChI=1S/C68H50N2Si2/c1-71(2)65-30-18-16-28-58(65)59-40-37-53(45-66(59)71)69(52-35-31-48(32-36-52)47-19-7-3-8-20-47)54-38-41-61-60-39-33-50(44-67(60)72(68(61)46-54,55-23-11-5-12-24-55)56-25-13-6-14-26-56)49-34-42-64-62(43-49)57-27-15-17-29-63(57)70(64)51-21-9-4-10-22-51/h3-46H,1-2H3. The first kappa shape index (κ1) is 42.3. The molecule has 0 saturated carbocycles. The lowest BCUT2D eigenvalue weighted by Crippen LogP contribution is -2.72. The van der Waals surface area contributed by atoms with Crippen molar-refractivity contribution in [3.05, 3.63) is 267 Å². The Bertz CT molecular complexity index is 4010. The minimum atomic E-state index is -2.97. The summed E-state index contributed by atoms with van der Waals surface area (Å²) in [7, 11) is -4.95. The molecule has 0 atom stereocenters. The van der Waals surface area contributed by atoms with Crippen molar-refractivity contribution in [2.24, 2.45) is 0 Å². The summed E-state index contributed by atoms with van der Waals surface area (Å²) in [6, 6.07) is 101. The lowest BCUT2D eigenvalue weighted by Gasteiger charge is -2.33. The van der Waals surface area contributed by atoms with Crippen LogP contribution in [-0.2, 0) is 0 Å². The number of rotatable bonds is 8. The summed E-state index contributed by atoms with van der Waals surface area (Å²) in [6.07, 6.45) is 0. The highest BCUT2D eigenvalue weighted by molar-refractivity contribution is 7.22. The summed E-state index contributed by atoms with van der Waals surface area (Å²) in [6.45, 7) is 5.03. The summed E-state index contributed by atoms with van der Waals surface area (Å²) in [5.41, 5.74) is 17.4. The van der Waals surface area contributed by atoms with E-state index in [-0.39, 0.29) is 0 Å². The Morgan fingerprint density at radius 1 is 0.306 bits per heavy atom. The van der Waals surface area contributed by atoms with Crippen molar-refractivity contribution in [2.75, 3.05) is 4.90 Å². The van der Waals surface area contributed by atoms with Gasteiger partial charge < -0.3 is 9.47 Å². The summed E-state index contributed by atoms with van der Waals surface area (Å²) in [5, 5.41) is 11.1. The fourth-order valence-electron chi connectivity index (χ4n) is 12.5. The maximum atomic E-state index is 2.57. The molecule has 11 aromatic carbocycles. The highest BCUT2D eigenvalue weighted by atomic mass is 28.3. The van der Waals surface area contributed by atoms with Crippen LogP contribution < -0.4 is 36.0 Å². The Balaban J connectivity index is 0.977. The predicted molar refractivity (Wildman–Crippen MR) is 311 cm³/mol. The van der Waals surface area contributed by atoms with Gasteiger partial charge in [-0.25, -0.2) is 0 Å². The van der Waals surface area contributed by atoms with E-state index in [9.17, 15) is 0 Å². The third-order valence-electron chi connectivity index (χ3n) is 15.9. The highest BCUT2D eigenvalue weighted by Crippen LogP contribution is 2.42. The molecule has 2 aliphatic heterocycles. The van der Waals surface area contributed by atoms with Gasteiger partial charge in [-0.05, 0) is 142 Å². The Kier molecular flexibility index (Phi) is 9.72. The molecule has 0 unspecified atom stereocenters. The lowest BCUT2D eigenvalue weighted by atomic mass is 9.98. The van der Waals surface area contributed by atoms with Crippen LogP contribution in [0.2, 0.25) is 13.1 Å². The van der Waals surface area contributed by atoms with Crippen LogP contribution in [0, 0.1) is 0 Å². The molecule has 2 nitrogen and oxygen atoms in total. The number of hydrogen-bond acceptors (Lipinski definition) is 1. The number of para-hydroxylation sites is 2. The van der Waals surface area contributed by atoms with E-state index in [0.717, 1.165) is 11.4 Å². The van der Waals surface area contributed by atoms with E-state index < -0.39 is 16.1 Å². The van der Waals surface area contributed by atoms with Crippen molar-refractivity contribution in [2.45, 2.75) is 13.1 Å². The van der Waals surface area contributed by atoms with Gasteiger partial charge in [0.15, 0.2) is 8.07 Å². The maximum Gasteiger partial charge on any atom is 0.180 e. The largest absolute Gasteiger partial charge is 0.311 e. The Morgan fingerprint density at radius 3 is 1.46 bits per heavy atom. The zero-order valence-electron chi connectivity index (χ0n) is 40.3. The van der Waals surface area contributed by atoms with Gasteiger partial charge in [0.2, 0.25) is 0 Å². The Hall–Kier alpha value is -8.55. The number of aromatic nitrogens is 1. The normalized spacial score (nSPS) is 13.6. The fourth-order valence-corrected chi connectivity index (χ4v) is 20.8. The molecule has 0 radical (unpaired) electrons. The topological polar surface area (TPSA) is 8.17 Å². The van der Waals surface area contributed by atoms with Crippen molar-refractivity contribution in [3.8, 4) is 50.2 Å². The molecule has 1 aromatic heterocycles. The molecule has 0 fully saturated rings. The molecule has 0 amide bonds. The molecular formula is C68H50N2Si2. The van der Waals surface area contributed by atoms with Crippen molar-refractivity contribution < 1.29 is 0 Å². The molecule has 4 heteroatoms. The minimum absolute atomic E-state index is 1.14. The van der Waals surface area contributed by atoms with Crippen LogP contribution in [0.25, 0.3) is 72.0 Å². The van der Waals surface area contributed by atoms with E-state index in [1.165, 1.54) is 109 Å². The molecule has 0 N–H and O–H groups in total. The zero-order valence-corrected chi connectivity index (χ0v) is 42.3. The number of benzene rings is 11. The van der Waals surface area contributed by atoms with Crippen molar-refractivity contribution >= 4 is 86.1 Å². The summed E-state index contributed by atoms with van der Waals surface area (Å²) in [5.74, 6) is 0. The van der Waals surface area contributed by atoms with Crippen LogP contribution in [0.1, 0.15) is 0 Å². The van der Waals surface area contributed by atoms with Crippen molar-refractivity contribution in [1.82, 2.24) is 4.57 Å². The van der Waals surface area contributed by atoms with Gasteiger partial charge in [-0.2, -0.15) is 0 Å². The third-order valence-corrected chi connectivity index (χ3v) is 24.3. The van der Waals surface area contributed by atoms with Crippen molar-refractivity contribution in [3.63, 3.8) is 0 Å². The Morgan fingerprint density at radius 2 is 0.764 bits per heavy atom. The van der Waals surface area contributed by atoms with Crippen LogP contribution in [0.5, 0.6) is 0 Å². The average Bonchev–Trinajstić information content (AvgIpc) is 4.02. The van der Waals surface area contributed by atoms with Gasteiger partial charge in [-0.1, -0.05) is 213 Å². The van der Waals surface area contributed by atoms with Crippen LogP contribution in [0.3, 0.4) is 0 Å². The number of anilines is 3. The summed E-state index contributed by atoms with van der Waals surface area (Å²) >= 11 is 0. The second kappa shape index (κ2) is 16.5. The number of nitrogens with zero attached hydrogens (tertiary/aromatic N) is 2. The zero-order chi connectivity index (χ0) is 48.0. The monoisotopic (exact) mass is 950 g/mol. The third kappa shape index (κ3) is 6.39. The smallest absolute Gasteiger partial charge is 0.180 e. The molecule has 2 aliphatic rings. The van der Waals surface area contributed by atoms with E-state index in [1.807, 2.05) is 0 Å². The molecule has 0 saturated heterocycles. The molecule has 14 rings (SSSR count). The van der Waals surface area contributed by atoms with Gasteiger partial charge in [0, 0.05) is 33.5 Å². The first-order chi connectivity index (χ1) is 35.5. The molecule has 0 spiro atoms. The molecule has 340 valence electrons. The summed E-state index contributed by atoms with van der Waals surface area (Å²) in [4.78, 5) is 2.52. The molecule has 0 aliphatic carbocycles. The van der Waals surface area contributed by atoms with E-state index in [1.54, 1.807) is 0 Å². The first-order valence-electron chi connectivity index (χ1n) is 25.2. The van der Waals surface area contributed by atoms with Gasteiger partial charge >= 0.3 is 0 Å². The Labute approximate surface area is 423 Å². The second-order valence-corrected chi connectivity index (χ2v) is 28.1. The van der Waals surface area contributed by atoms with Crippen LogP contribution in [0.4, 0.5) is 17.1 Å². The van der Waals surface area contributed by atoms with Crippen LogP contribution in [-0.4, -0.2) is 20.7 Å². The molecular weight excluding hydrogens is 901 g/mol. The molecule has 72 heavy (non-hydrogen) atoms. The number of fused-ring (bicyclic) bond motifs is 9. The van der Waals surface area contributed by atoms with E-state index >= 15 is 0 Å². The van der Waals surface area contributed by atoms with Gasteiger partial charge in [0.05, 0.1) is 11.0 Å². The SMILES string of the molecule is C[Si]1(C)c2ccccc2-c2ccc(N(c3ccc(-c4ccccc4)cc3)c3ccc4c(c3)[Si](c3ccccc3)(c3ccccc3)c3cc(-c5ccc6c(c5)c5ccccc5n6-c5ccccc5)ccc3-4)cc21. The molecule has 12 aromatic rings. The first-order valence-corrected chi connectivity index (χ1v) is 30.2. The quantitative estimate of drug-likeness (QED) is 0.138. The molecule has 0 bridgehead atoms. The van der Waals surface area contributed by atoms with Crippen LogP contribution in [0.15, 0.2) is 267 Å². The van der Waals surface area contributed by atoms with Gasteiger partial charge in [0.1, 0.15) is 8.07 Å². The minimum Gasteiger partial charge on any atom is -0.311 e. The van der Waals surface area contributed by atoms with Crippen molar-refractivity contribution in [1.29, 1.82) is 0 Å². The fraction of sp³-hybridized carbons (Fsp3) is 0.0294. The second-order valence-electron chi connectivity index (χ2n) is 20.0. The van der Waals surface area contributed by atoms with Gasteiger partial charge in [0.25, 0.3) is 0 Å².